The van der Waals surface area contributed by atoms with Gasteiger partial charge >= 0.3 is 5.97 Å². The van der Waals surface area contributed by atoms with E-state index in [4.69, 9.17) is 0 Å². The third kappa shape index (κ3) is 2.47. The Balaban J connectivity index is 1.63. The van der Waals surface area contributed by atoms with Crippen molar-refractivity contribution in [2.24, 2.45) is 0 Å². The predicted molar refractivity (Wildman–Crippen MR) is 74.9 cm³/mol. The molecular formula is C15H22N2O3. The van der Waals surface area contributed by atoms with Gasteiger partial charge in [-0.15, -0.1) is 0 Å². The van der Waals surface area contributed by atoms with Crippen molar-refractivity contribution in [2.75, 3.05) is 13.1 Å². The van der Waals surface area contributed by atoms with Crippen molar-refractivity contribution in [3.8, 4) is 0 Å². The van der Waals surface area contributed by atoms with Gasteiger partial charge in [0.15, 0.2) is 0 Å². The summed E-state index contributed by atoms with van der Waals surface area (Å²) in [5.41, 5.74) is 0.379. The van der Waals surface area contributed by atoms with Gasteiger partial charge in [-0.2, -0.15) is 0 Å². The average molecular weight is 278 g/mol. The highest BCUT2D eigenvalue weighted by Gasteiger charge is 2.33. The monoisotopic (exact) mass is 278 g/mol. The Morgan fingerprint density at radius 2 is 1.95 bits per heavy atom. The first-order chi connectivity index (χ1) is 9.66. The van der Waals surface area contributed by atoms with E-state index in [1.54, 1.807) is 12.1 Å². The second-order valence-electron chi connectivity index (χ2n) is 5.94. The first-order valence-corrected chi connectivity index (χ1v) is 7.49. The van der Waals surface area contributed by atoms with Crippen LogP contribution in [0.15, 0.2) is 18.3 Å². The Kier molecular flexibility index (Phi) is 3.81. The van der Waals surface area contributed by atoms with Gasteiger partial charge in [0.1, 0.15) is 5.69 Å². The number of nitrogens with zero attached hydrogens (tertiary/aromatic N) is 2. The van der Waals surface area contributed by atoms with E-state index in [1.807, 2.05) is 10.8 Å². The third-order valence-corrected chi connectivity index (χ3v) is 4.80. The van der Waals surface area contributed by atoms with Gasteiger partial charge in [-0.3, -0.25) is 4.90 Å². The van der Waals surface area contributed by atoms with E-state index < -0.39 is 5.97 Å². The van der Waals surface area contributed by atoms with Crippen molar-refractivity contribution in [3.63, 3.8) is 0 Å². The molecule has 0 aromatic carbocycles. The highest BCUT2D eigenvalue weighted by Crippen LogP contribution is 2.30. The van der Waals surface area contributed by atoms with Crippen LogP contribution in [0.5, 0.6) is 0 Å². The van der Waals surface area contributed by atoms with Gasteiger partial charge in [0.05, 0.1) is 6.10 Å². The van der Waals surface area contributed by atoms with Crippen molar-refractivity contribution in [1.29, 1.82) is 0 Å². The molecule has 2 heterocycles. The van der Waals surface area contributed by atoms with E-state index in [-0.39, 0.29) is 12.1 Å². The van der Waals surface area contributed by atoms with Crippen molar-refractivity contribution >= 4 is 5.97 Å². The Labute approximate surface area is 118 Å². The second kappa shape index (κ2) is 5.58. The molecule has 1 aromatic heterocycles. The predicted octanol–water partition coefficient (Wildman–Crippen LogP) is 1.74. The molecule has 0 bridgehead atoms. The number of likely N-dealkylation sites (tertiary alicyclic amines) is 1. The smallest absolute Gasteiger partial charge is 0.352 e. The molecular weight excluding hydrogens is 256 g/mol. The summed E-state index contributed by atoms with van der Waals surface area (Å²) >= 11 is 0. The van der Waals surface area contributed by atoms with Crippen LogP contribution in [0.25, 0.3) is 0 Å². The van der Waals surface area contributed by atoms with Crippen molar-refractivity contribution in [1.82, 2.24) is 9.47 Å². The van der Waals surface area contributed by atoms with Gasteiger partial charge in [0, 0.05) is 31.4 Å². The lowest BCUT2D eigenvalue weighted by atomic mass is 10.0. The van der Waals surface area contributed by atoms with Crippen LogP contribution in [-0.2, 0) is 0 Å². The SMILES string of the molecule is O=C(O)c1cccn1C1CCN(C2CCCC2O)CC1. The Hall–Kier alpha value is -1.33. The molecule has 20 heavy (non-hydrogen) atoms. The maximum absolute atomic E-state index is 11.2. The molecule has 110 valence electrons. The normalized spacial score (nSPS) is 28.9. The fourth-order valence-corrected chi connectivity index (χ4v) is 3.74. The van der Waals surface area contributed by atoms with Gasteiger partial charge < -0.3 is 14.8 Å². The first-order valence-electron chi connectivity index (χ1n) is 7.49. The molecule has 5 nitrogen and oxygen atoms in total. The molecule has 2 unspecified atom stereocenters. The van der Waals surface area contributed by atoms with Gasteiger partial charge in [0.2, 0.25) is 0 Å². The molecule has 0 radical (unpaired) electrons. The lowest BCUT2D eigenvalue weighted by Gasteiger charge is -2.38. The summed E-state index contributed by atoms with van der Waals surface area (Å²) < 4.78 is 1.89. The molecule has 2 N–H and O–H groups in total. The Bertz CT molecular complexity index is 477. The summed E-state index contributed by atoms with van der Waals surface area (Å²) in [5.74, 6) is -0.858. The van der Waals surface area contributed by atoms with E-state index in [0.717, 1.165) is 45.2 Å². The van der Waals surface area contributed by atoms with E-state index in [2.05, 4.69) is 4.90 Å². The quantitative estimate of drug-likeness (QED) is 0.884. The minimum atomic E-state index is -0.858. The average Bonchev–Trinajstić information content (AvgIpc) is 3.07. The molecule has 2 atom stereocenters. The summed E-state index contributed by atoms with van der Waals surface area (Å²) in [7, 11) is 0. The summed E-state index contributed by atoms with van der Waals surface area (Å²) in [4.78, 5) is 13.6. The van der Waals surface area contributed by atoms with E-state index in [0.29, 0.717) is 11.7 Å². The van der Waals surface area contributed by atoms with Crippen LogP contribution in [-0.4, -0.2) is 50.9 Å². The molecule has 1 aromatic rings. The zero-order chi connectivity index (χ0) is 14.1. The Morgan fingerprint density at radius 1 is 1.20 bits per heavy atom. The van der Waals surface area contributed by atoms with Crippen LogP contribution >= 0.6 is 0 Å². The number of aromatic carboxylic acids is 1. The fourth-order valence-electron chi connectivity index (χ4n) is 3.74. The highest BCUT2D eigenvalue weighted by molar-refractivity contribution is 5.85. The summed E-state index contributed by atoms with van der Waals surface area (Å²) in [5, 5.41) is 19.2. The maximum atomic E-state index is 11.2. The molecule has 2 aliphatic rings. The standard InChI is InChI=1S/C15H22N2O3/c18-14-5-1-3-12(14)16-9-6-11(7-10-16)17-8-2-4-13(17)15(19)20/h2,4,8,11-12,14,18H,1,3,5-7,9-10H2,(H,19,20). The minimum Gasteiger partial charge on any atom is -0.477 e. The minimum absolute atomic E-state index is 0.173. The van der Waals surface area contributed by atoms with Crippen LogP contribution in [0.1, 0.15) is 48.6 Å². The number of aliphatic hydroxyl groups excluding tert-OH is 1. The van der Waals surface area contributed by atoms with Gasteiger partial charge in [-0.25, -0.2) is 4.79 Å². The molecule has 3 rings (SSSR count). The van der Waals surface area contributed by atoms with Crippen LogP contribution in [0, 0.1) is 0 Å². The van der Waals surface area contributed by atoms with Gasteiger partial charge in [-0.1, -0.05) is 0 Å². The molecule has 5 heteroatoms. The maximum Gasteiger partial charge on any atom is 0.352 e. The van der Waals surface area contributed by atoms with Crippen LogP contribution in [0.4, 0.5) is 0 Å². The molecule has 0 spiro atoms. The number of aliphatic hydroxyl groups is 1. The van der Waals surface area contributed by atoms with Crippen LogP contribution in [0.2, 0.25) is 0 Å². The van der Waals surface area contributed by atoms with Crippen LogP contribution in [0.3, 0.4) is 0 Å². The molecule has 1 aliphatic heterocycles. The number of carbonyl (C=O) groups is 1. The van der Waals surface area contributed by atoms with Gasteiger partial charge in [-0.05, 0) is 44.2 Å². The van der Waals surface area contributed by atoms with Gasteiger partial charge in [0.25, 0.3) is 0 Å². The fraction of sp³-hybridized carbons (Fsp3) is 0.667. The summed E-state index contributed by atoms with van der Waals surface area (Å²) in [6, 6.07) is 4.05. The highest BCUT2D eigenvalue weighted by atomic mass is 16.4. The van der Waals surface area contributed by atoms with Crippen molar-refractivity contribution < 1.29 is 15.0 Å². The number of carboxylic acid groups (broad SMARTS) is 1. The number of hydrogen-bond acceptors (Lipinski definition) is 3. The van der Waals surface area contributed by atoms with Crippen molar-refractivity contribution in [2.45, 2.75) is 50.3 Å². The molecule has 1 saturated carbocycles. The topological polar surface area (TPSA) is 65.7 Å². The molecule has 2 fully saturated rings. The van der Waals surface area contributed by atoms with E-state index in [1.165, 1.54) is 0 Å². The summed E-state index contributed by atoms with van der Waals surface area (Å²) in [6.07, 6.45) is 6.74. The first kappa shape index (κ1) is 13.6. The van der Waals surface area contributed by atoms with Crippen LogP contribution < -0.4 is 0 Å². The van der Waals surface area contributed by atoms with E-state index in [9.17, 15) is 15.0 Å². The second-order valence-corrected chi connectivity index (χ2v) is 5.94. The summed E-state index contributed by atoms with van der Waals surface area (Å²) in [6.45, 7) is 1.90. The third-order valence-electron chi connectivity index (χ3n) is 4.80. The zero-order valence-corrected chi connectivity index (χ0v) is 11.6. The number of aromatic nitrogens is 1. The zero-order valence-electron chi connectivity index (χ0n) is 11.6. The molecule has 0 amide bonds. The largest absolute Gasteiger partial charge is 0.477 e. The molecule has 1 saturated heterocycles. The number of hydrogen-bond donors (Lipinski definition) is 2. The van der Waals surface area contributed by atoms with Crippen molar-refractivity contribution in [3.05, 3.63) is 24.0 Å². The number of rotatable bonds is 3. The molecule has 1 aliphatic carbocycles. The lowest BCUT2D eigenvalue weighted by molar-refractivity contribution is 0.0485. The Morgan fingerprint density at radius 3 is 2.55 bits per heavy atom. The lowest BCUT2D eigenvalue weighted by Crippen LogP contribution is -2.45. The number of carboxylic acids is 1. The van der Waals surface area contributed by atoms with E-state index >= 15 is 0 Å². The number of piperidine rings is 1.